The quantitative estimate of drug-likeness (QED) is 0.289. The van der Waals surface area contributed by atoms with Gasteiger partial charge in [-0.05, 0) is 42.1 Å². The summed E-state index contributed by atoms with van der Waals surface area (Å²) in [6.07, 6.45) is 1.67. The van der Waals surface area contributed by atoms with Crippen molar-refractivity contribution in [3.05, 3.63) is 68.6 Å². The van der Waals surface area contributed by atoms with Crippen molar-refractivity contribution in [1.29, 1.82) is 0 Å². The van der Waals surface area contributed by atoms with Crippen LogP contribution in [0, 0.1) is 10.1 Å². The summed E-state index contributed by atoms with van der Waals surface area (Å²) in [5.74, 6) is -1.26. The van der Waals surface area contributed by atoms with Gasteiger partial charge in [-0.25, -0.2) is 13.4 Å². The van der Waals surface area contributed by atoms with Crippen LogP contribution < -0.4 is 4.90 Å². The van der Waals surface area contributed by atoms with E-state index in [2.05, 4.69) is 4.98 Å². The van der Waals surface area contributed by atoms with E-state index in [0.29, 0.717) is 21.8 Å². The number of hydrogen-bond acceptors (Lipinski definition) is 9. The van der Waals surface area contributed by atoms with E-state index in [1.807, 2.05) is 17.5 Å². The average molecular weight is 478 g/mol. The molecule has 0 spiro atoms. The Kier molecular flexibility index (Phi) is 5.60. The zero-order chi connectivity index (χ0) is 22.2. The third-order valence-corrected chi connectivity index (χ3v) is 7.48. The predicted octanol–water partition coefficient (Wildman–Crippen LogP) is 4.15. The number of hydrogen-bond donors (Lipinski definition) is 0. The standard InChI is InChI=1S/C19H15N3O6S3/c1-31(26,27)13-4-5-14-16(11-13)30-19(20-14)21(9-8-12-3-2-10-29-12)18(23)15-6-7-17(28-15)22(24)25/h2-7,10-11H,8-9H2,1H3. The van der Waals surface area contributed by atoms with Crippen LogP contribution in [0.2, 0.25) is 0 Å². The highest BCUT2D eigenvalue weighted by molar-refractivity contribution is 7.90. The van der Waals surface area contributed by atoms with Crippen LogP contribution in [-0.2, 0) is 16.3 Å². The van der Waals surface area contributed by atoms with E-state index < -0.39 is 26.6 Å². The SMILES string of the molecule is CS(=O)(=O)c1ccc2nc(N(CCc3cccs3)C(=O)c3ccc([N+](=O)[O-])o3)sc2c1. The largest absolute Gasteiger partial charge is 0.433 e. The van der Waals surface area contributed by atoms with Gasteiger partial charge in [0.1, 0.15) is 4.92 Å². The van der Waals surface area contributed by atoms with Gasteiger partial charge in [-0.2, -0.15) is 0 Å². The van der Waals surface area contributed by atoms with Crippen molar-refractivity contribution in [1.82, 2.24) is 4.98 Å². The van der Waals surface area contributed by atoms with E-state index in [1.165, 1.54) is 34.4 Å². The molecule has 0 atom stereocenters. The molecule has 0 fully saturated rings. The lowest BCUT2D eigenvalue weighted by Gasteiger charge is -2.18. The molecule has 4 rings (SSSR count). The number of nitro groups is 1. The van der Waals surface area contributed by atoms with E-state index in [1.54, 1.807) is 17.4 Å². The van der Waals surface area contributed by atoms with Gasteiger partial charge in [-0.1, -0.05) is 17.4 Å². The molecule has 12 heteroatoms. The Bertz CT molecular complexity index is 1370. The number of carbonyl (C=O) groups excluding carboxylic acids is 1. The first-order valence-electron chi connectivity index (χ1n) is 8.91. The number of rotatable bonds is 7. The molecule has 0 N–H and O–H groups in total. The maximum atomic E-state index is 13.1. The van der Waals surface area contributed by atoms with E-state index in [0.717, 1.165) is 17.2 Å². The molecule has 1 amide bonds. The van der Waals surface area contributed by atoms with Gasteiger partial charge in [0.25, 0.3) is 5.91 Å². The molecule has 31 heavy (non-hydrogen) atoms. The maximum absolute atomic E-state index is 13.1. The number of thiophene rings is 1. The highest BCUT2D eigenvalue weighted by Gasteiger charge is 2.26. The number of fused-ring (bicyclic) bond motifs is 1. The van der Waals surface area contributed by atoms with Crippen LogP contribution in [0.3, 0.4) is 0 Å². The monoisotopic (exact) mass is 477 g/mol. The zero-order valence-electron chi connectivity index (χ0n) is 16.0. The Morgan fingerprint density at radius 3 is 2.71 bits per heavy atom. The molecular formula is C19H15N3O6S3. The first kappa shape index (κ1) is 21.2. The fourth-order valence-corrected chi connectivity index (χ4v) is 5.32. The van der Waals surface area contributed by atoms with Gasteiger partial charge in [0.2, 0.25) is 0 Å². The normalized spacial score (nSPS) is 11.6. The average Bonchev–Trinajstić information content (AvgIpc) is 3.46. The molecule has 3 heterocycles. The first-order chi connectivity index (χ1) is 14.7. The van der Waals surface area contributed by atoms with Gasteiger partial charge in [0.15, 0.2) is 20.7 Å². The molecule has 0 aliphatic rings. The summed E-state index contributed by atoms with van der Waals surface area (Å²) in [5.41, 5.74) is 0.548. The minimum absolute atomic E-state index is 0.160. The third kappa shape index (κ3) is 4.50. The lowest BCUT2D eigenvalue weighted by atomic mass is 10.3. The topological polar surface area (TPSA) is 124 Å². The predicted molar refractivity (Wildman–Crippen MR) is 118 cm³/mol. The summed E-state index contributed by atoms with van der Waals surface area (Å²) >= 11 is 2.72. The van der Waals surface area contributed by atoms with Crippen LogP contribution in [0.1, 0.15) is 15.4 Å². The summed E-state index contributed by atoms with van der Waals surface area (Å²) in [5, 5.41) is 13.2. The molecular weight excluding hydrogens is 462 g/mol. The number of sulfone groups is 1. The number of anilines is 1. The highest BCUT2D eigenvalue weighted by atomic mass is 32.2. The molecule has 160 valence electrons. The van der Waals surface area contributed by atoms with Crippen LogP contribution in [0.25, 0.3) is 10.2 Å². The molecule has 0 radical (unpaired) electrons. The Labute approximate surface area is 184 Å². The molecule has 0 saturated carbocycles. The maximum Gasteiger partial charge on any atom is 0.433 e. The smallest absolute Gasteiger partial charge is 0.395 e. The van der Waals surface area contributed by atoms with E-state index in [9.17, 15) is 23.3 Å². The molecule has 1 aromatic carbocycles. The second-order valence-electron chi connectivity index (χ2n) is 6.58. The van der Waals surface area contributed by atoms with Gasteiger partial charge in [-0.15, -0.1) is 11.3 Å². The van der Waals surface area contributed by atoms with Gasteiger partial charge in [0.05, 0.1) is 21.2 Å². The van der Waals surface area contributed by atoms with Crippen molar-refractivity contribution >= 4 is 59.7 Å². The number of nitrogens with zero attached hydrogens (tertiary/aromatic N) is 3. The van der Waals surface area contributed by atoms with Gasteiger partial charge < -0.3 is 4.42 Å². The lowest BCUT2D eigenvalue weighted by molar-refractivity contribution is -0.402. The summed E-state index contributed by atoms with van der Waals surface area (Å²) in [6, 6.07) is 10.8. The van der Waals surface area contributed by atoms with Crippen molar-refractivity contribution in [3.8, 4) is 0 Å². The van der Waals surface area contributed by atoms with Crippen LogP contribution in [-0.4, -0.2) is 37.0 Å². The molecule has 4 aromatic rings. The van der Waals surface area contributed by atoms with Crippen molar-refractivity contribution < 1.29 is 22.6 Å². The van der Waals surface area contributed by atoms with E-state index in [-0.39, 0.29) is 17.2 Å². The number of carbonyl (C=O) groups is 1. The van der Waals surface area contributed by atoms with Gasteiger partial charge in [0, 0.05) is 17.7 Å². The van der Waals surface area contributed by atoms with Crippen LogP contribution >= 0.6 is 22.7 Å². The minimum atomic E-state index is -3.39. The molecule has 0 aliphatic heterocycles. The number of amides is 1. The fourth-order valence-electron chi connectivity index (χ4n) is 2.87. The lowest BCUT2D eigenvalue weighted by Crippen LogP contribution is -2.32. The number of aromatic nitrogens is 1. The summed E-state index contributed by atoms with van der Waals surface area (Å²) in [7, 11) is -3.39. The molecule has 0 saturated heterocycles. The second kappa shape index (κ2) is 8.21. The van der Waals surface area contributed by atoms with Crippen LogP contribution in [0.15, 0.2) is 57.2 Å². The Morgan fingerprint density at radius 2 is 2.06 bits per heavy atom. The number of furan rings is 1. The summed E-state index contributed by atoms with van der Waals surface area (Å²) in [6.45, 7) is 0.270. The van der Waals surface area contributed by atoms with Gasteiger partial charge >= 0.3 is 5.88 Å². The molecule has 3 aromatic heterocycles. The molecule has 0 unspecified atom stereocenters. The Morgan fingerprint density at radius 1 is 1.26 bits per heavy atom. The first-order valence-corrected chi connectivity index (χ1v) is 12.5. The van der Waals surface area contributed by atoms with Crippen molar-refractivity contribution in [2.75, 3.05) is 17.7 Å². The van der Waals surface area contributed by atoms with Crippen molar-refractivity contribution in [3.63, 3.8) is 0 Å². The zero-order valence-corrected chi connectivity index (χ0v) is 18.5. The molecule has 9 nitrogen and oxygen atoms in total. The fraction of sp³-hybridized carbons (Fsp3) is 0.158. The summed E-state index contributed by atoms with van der Waals surface area (Å²) in [4.78, 5) is 30.4. The number of benzene rings is 1. The van der Waals surface area contributed by atoms with Gasteiger partial charge in [-0.3, -0.25) is 19.8 Å². The van der Waals surface area contributed by atoms with Crippen LogP contribution in [0.5, 0.6) is 0 Å². The third-order valence-electron chi connectivity index (χ3n) is 4.40. The van der Waals surface area contributed by atoms with Crippen molar-refractivity contribution in [2.45, 2.75) is 11.3 Å². The van der Waals surface area contributed by atoms with Crippen molar-refractivity contribution in [2.24, 2.45) is 0 Å². The van der Waals surface area contributed by atoms with Crippen LogP contribution in [0.4, 0.5) is 11.0 Å². The molecule has 0 aliphatic carbocycles. The van der Waals surface area contributed by atoms with E-state index >= 15 is 0 Å². The number of thiazole rings is 1. The Balaban J connectivity index is 1.72. The van der Waals surface area contributed by atoms with E-state index in [4.69, 9.17) is 4.42 Å². The summed E-state index contributed by atoms with van der Waals surface area (Å²) < 4.78 is 29.4. The minimum Gasteiger partial charge on any atom is -0.395 e. The molecule has 0 bridgehead atoms. The highest BCUT2D eigenvalue weighted by Crippen LogP contribution is 2.32. The second-order valence-corrected chi connectivity index (χ2v) is 10.6. The Hall–Kier alpha value is -3.09.